The van der Waals surface area contributed by atoms with Gasteiger partial charge in [0.15, 0.2) is 11.6 Å². The summed E-state index contributed by atoms with van der Waals surface area (Å²) in [4.78, 5) is 24.4. The Hall–Kier alpha value is -2.04. The molecule has 22 heavy (non-hydrogen) atoms. The molecule has 0 aliphatic heterocycles. The molecule has 0 aliphatic rings. The smallest absolute Gasteiger partial charge is 0.163 e. The summed E-state index contributed by atoms with van der Waals surface area (Å²) >= 11 is 0. The molecule has 0 atom stereocenters. The monoisotopic (exact) mass is 300 g/mol. The van der Waals surface area contributed by atoms with Gasteiger partial charge < -0.3 is 0 Å². The first-order chi connectivity index (χ1) is 10.3. The normalized spacial score (nSPS) is 11.6. The van der Waals surface area contributed by atoms with Gasteiger partial charge in [0, 0.05) is 29.4 Å². The third-order valence-corrected chi connectivity index (χ3v) is 3.69. The Kier molecular flexibility index (Phi) is 4.74. The van der Waals surface area contributed by atoms with E-state index in [1.807, 2.05) is 24.3 Å². The second kappa shape index (κ2) is 6.38. The van der Waals surface area contributed by atoms with E-state index in [1.165, 1.54) is 6.92 Å². The van der Waals surface area contributed by atoms with Crippen molar-refractivity contribution in [3.63, 3.8) is 0 Å². The van der Waals surface area contributed by atoms with Crippen LogP contribution in [0.4, 0.5) is 0 Å². The Balaban J connectivity index is 2.35. The van der Waals surface area contributed by atoms with E-state index in [4.69, 9.17) is 0 Å². The molecule has 0 spiro atoms. The molecule has 2 aromatic rings. The predicted molar refractivity (Wildman–Crippen MR) is 86.3 cm³/mol. The number of carbonyl (C=O) groups is 2. The van der Waals surface area contributed by atoms with Crippen LogP contribution in [0.3, 0.4) is 0 Å². The maximum Gasteiger partial charge on any atom is 0.163 e. The zero-order chi connectivity index (χ0) is 16.3. The summed E-state index contributed by atoms with van der Waals surface area (Å²) in [6.45, 7) is 2.03. The third kappa shape index (κ3) is 3.78. The van der Waals surface area contributed by atoms with Crippen molar-refractivity contribution in [2.75, 3.05) is 20.6 Å². The van der Waals surface area contributed by atoms with Crippen molar-refractivity contribution >= 4 is 22.3 Å². The highest BCUT2D eigenvalue weighted by atomic mass is 16.5. The van der Waals surface area contributed by atoms with E-state index < -0.39 is 0 Å². The predicted octanol–water partition coefficient (Wildman–Crippen LogP) is 3.47. The number of fused-ring (bicyclic) bond motifs is 1. The molecule has 0 unspecified atom stereocenters. The van der Waals surface area contributed by atoms with Crippen LogP contribution >= 0.6 is 0 Å². The quantitative estimate of drug-likeness (QED) is 0.505. The van der Waals surface area contributed by atoms with Gasteiger partial charge in [-0.15, -0.1) is 0 Å². The van der Waals surface area contributed by atoms with Crippen LogP contribution in [0.15, 0.2) is 36.4 Å². The number of benzene rings is 2. The van der Waals surface area contributed by atoms with Crippen molar-refractivity contribution in [3.05, 3.63) is 47.5 Å². The minimum absolute atomic E-state index is 0.00718. The average molecular weight is 300 g/mol. The van der Waals surface area contributed by atoms with E-state index in [0.717, 1.165) is 10.8 Å². The van der Waals surface area contributed by atoms with Gasteiger partial charge in [-0.3, -0.25) is 9.59 Å². The van der Waals surface area contributed by atoms with Crippen LogP contribution in [-0.2, 0) is 0 Å². The van der Waals surface area contributed by atoms with Gasteiger partial charge in [0.2, 0.25) is 0 Å². The zero-order valence-corrected chi connectivity index (χ0v) is 13.3. The molecule has 2 rings (SSSR count). The molecule has 0 fully saturated rings. The highest BCUT2D eigenvalue weighted by molar-refractivity contribution is 6.16. The Bertz CT molecular complexity index is 709. The first-order valence-corrected chi connectivity index (χ1v) is 7.41. The number of nitrogens with zero attached hydrogens (tertiary/aromatic N) is 1. The summed E-state index contributed by atoms with van der Waals surface area (Å²) < 4.78 is -0.151. The van der Waals surface area contributed by atoms with E-state index in [1.54, 1.807) is 26.2 Å². The number of rotatable bonds is 6. The van der Waals surface area contributed by atoms with Crippen molar-refractivity contribution in [3.8, 4) is 0 Å². The van der Waals surface area contributed by atoms with Crippen molar-refractivity contribution in [2.45, 2.75) is 19.8 Å². The van der Waals surface area contributed by atoms with Crippen molar-refractivity contribution in [1.29, 1.82) is 0 Å². The second-order valence-corrected chi connectivity index (χ2v) is 6.14. The first kappa shape index (κ1) is 16.3. The van der Waals surface area contributed by atoms with Gasteiger partial charge in [0.05, 0.1) is 14.1 Å². The van der Waals surface area contributed by atoms with E-state index >= 15 is 0 Å². The van der Waals surface area contributed by atoms with Gasteiger partial charge in [-0.05, 0) is 12.3 Å². The molecule has 0 saturated carbocycles. The maximum absolute atomic E-state index is 12.5. The fourth-order valence-corrected chi connectivity index (χ4v) is 2.63. The number of Topliss-reactive ketones (excluding diaryl/α,β-unsaturated/α-hetero) is 2. The molecule has 1 N–H and O–H groups in total. The summed E-state index contributed by atoms with van der Waals surface area (Å²) in [5, 5.41) is 11.3. The minimum atomic E-state index is -0.151. The molecule has 4 heteroatoms. The lowest BCUT2D eigenvalue weighted by Gasteiger charge is -2.19. The topological polar surface area (TPSA) is 54.4 Å². The van der Waals surface area contributed by atoms with Gasteiger partial charge in [-0.25, -0.2) is 5.21 Å². The summed E-state index contributed by atoms with van der Waals surface area (Å²) in [5.74, 6) is -0.0354. The number of hydrogen-bond donors (Lipinski definition) is 1. The number of carbonyl (C=O) groups excluding carboxylic acids is 2. The van der Waals surface area contributed by atoms with Crippen LogP contribution in [-0.4, -0.2) is 42.1 Å². The fourth-order valence-electron chi connectivity index (χ4n) is 2.63. The Labute approximate surface area is 130 Å². The highest BCUT2D eigenvalue weighted by Gasteiger charge is 2.17. The summed E-state index contributed by atoms with van der Waals surface area (Å²) in [5.41, 5.74) is 1.17. The molecule has 0 saturated heterocycles. The third-order valence-electron chi connectivity index (χ3n) is 3.69. The van der Waals surface area contributed by atoms with Crippen LogP contribution in [0.25, 0.3) is 10.8 Å². The molecule has 0 amide bonds. The van der Waals surface area contributed by atoms with Gasteiger partial charge in [-0.1, -0.05) is 36.4 Å². The average Bonchev–Trinajstić information content (AvgIpc) is 2.44. The Morgan fingerprint density at radius 3 is 2.18 bits per heavy atom. The first-order valence-electron chi connectivity index (χ1n) is 7.41. The van der Waals surface area contributed by atoms with Crippen molar-refractivity contribution in [1.82, 2.24) is 0 Å². The van der Waals surface area contributed by atoms with E-state index in [0.29, 0.717) is 30.5 Å². The largest absolute Gasteiger partial charge is 0.294 e. The molecular formula is C18H22NO3+. The van der Waals surface area contributed by atoms with Crippen LogP contribution in [0.2, 0.25) is 0 Å². The molecule has 4 nitrogen and oxygen atoms in total. The van der Waals surface area contributed by atoms with Crippen LogP contribution in [0.5, 0.6) is 0 Å². The second-order valence-electron chi connectivity index (χ2n) is 6.14. The maximum atomic E-state index is 12.5. The SMILES string of the molecule is CC(=O)c1cccc2cccc(C(=O)CCC[N+](C)(C)O)c12. The lowest BCUT2D eigenvalue weighted by atomic mass is 9.94. The lowest BCUT2D eigenvalue weighted by molar-refractivity contribution is -1.07. The summed E-state index contributed by atoms with van der Waals surface area (Å²) in [6.07, 6.45) is 0.953. The summed E-state index contributed by atoms with van der Waals surface area (Å²) in [7, 11) is 3.35. The van der Waals surface area contributed by atoms with Crippen LogP contribution in [0, 0.1) is 0 Å². The van der Waals surface area contributed by atoms with Crippen LogP contribution < -0.4 is 0 Å². The van der Waals surface area contributed by atoms with E-state index in [2.05, 4.69) is 0 Å². The number of hydrogen-bond acceptors (Lipinski definition) is 3. The van der Waals surface area contributed by atoms with Crippen molar-refractivity contribution in [2.24, 2.45) is 0 Å². The number of hydroxylamine groups is 3. The van der Waals surface area contributed by atoms with Crippen LogP contribution in [0.1, 0.15) is 40.5 Å². The molecule has 116 valence electrons. The van der Waals surface area contributed by atoms with E-state index in [-0.39, 0.29) is 16.2 Å². The molecular weight excluding hydrogens is 278 g/mol. The fraction of sp³-hybridized carbons (Fsp3) is 0.333. The standard InChI is InChI=1S/C18H22NO3/c1-13(20)15-9-4-7-14-8-5-10-16(18(14)15)17(21)11-6-12-19(2,3)22/h4-5,7-10,22H,6,11-12H2,1-3H3/q+1. The molecule has 0 aromatic heterocycles. The molecule has 0 radical (unpaired) electrons. The summed E-state index contributed by atoms with van der Waals surface area (Å²) in [6, 6.07) is 11.0. The van der Waals surface area contributed by atoms with Gasteiger partial charge in [0.25, 0.3) is 0 Å². The van der Waals surface area contributed by atoms with Gasteiger partial charge in [-0.2, -0.15) is 4.65 Å². The van der Waals surface area contributed by atoms with Gasteiger partial charge >= 0.3 is 0 Å². The lowest BCUT2D eigenvalue weighted by Crippen LogP contribution is -2.36. The van der Waals surface area contributed by atoms with Crippen molar-refractivity contribution < 1.29 is 19.4 Å². The highest BCUT2D eigenvalue weighted by Crippen LogP contribution is 2.25. The molecule has 0 bridgehead atoms. The molecule has 2 aromatic carbocycles. The number of ketones is 2. The molecule has 0 heterocycles. The molecule has 0 aliphatic carbocycles. The number of quaternary nitrogens is 1. The van der Waals surface area contributed by atoms with Gasteiger partial charge in [0.1, 0.15) is 6.54 Å². The Morgan fingerprint density at radius 2 is 1.64 bits per heavy atom. The Morgan fingerprint density at radius 1 is 1.05 bits per heavy atom. The minimum Gasteiger partial charge on any atom is -0.294 e. The van der Waals surface area contributed by atoms with E-state index in [9.17, 15) is 14.8 Å². The zero-order valence-electron chi connectivity index (χ0n) is 13.3.